The van der Waals surface area contributed by atoms with E-state index < -0.39 is 33.4 Å². The van der Waals surface area contributed by atoms with Crippen molar-refractivity contribution in [1.29, 1.82) is 0 Å². The molecule has 1 unspecified atom stereocenters. The maximum atomic E-state index is 12.6. The first kappa shape index (κ1) is 25.3. The van der Waals surface area contributed by atoms with Crippen LogP contribution in [0.5, 0.6) is 0 Å². The van der Waals surface area contributed by atoms with Gasteiger partial charge in [-0.15, -0.1) is 0 Å². The van der Waals surface area contributed by atoms with Crippen molar-refractivity contribution < 1.29 is 32.5 Å². The van der Waals surface area contributed by atoms with Crippen LogP contribution in [-0.2, 0) is 24.0 Å². The van der Waals surface area contributed by atoms with E-state index in [9.17, 15) is 18.3 Å². The normalized spacial score (nSPS) is 20.0. The van der Waals surface area contributed by atoms with Crippen LogP contribution in [0, 0.1) is 0 Å². The Hall–Kier alpha value is -1.94. The largest absolute Gasteiger partial charge is 0.444 e. The highest BCUT2D eigenvalue weighted by Gasteiger charge is 2.35. The molecule has 2 rings (SSSR count). The minimum Gasteiger partial charge on any atom is -0.444 e. The van der Waals surface area contributed by atoms with Crippen LogP contribution in [0.2, 0.25) is 0 Å². The van der Waals surface area contributed by atoms with Gasteiger partial charge in [0.1, 0.15) is 11.7 Å². The van der Waals surface area contributed by atoms with Crippen molar-refractivity contribution in [3.63, 3.8) is 0 Å². The van der Waals surface area contributed by atoms with Gasteiger partial charge < -0.3 is 24.2 Å². The highest BCUT2D eigenvalue weighted by molar-refractivity contribution is 7.94. The topological polar surface area (TPSA) is 102 Å². The molecule has 0 aliphatic carbocycles. The van der Waals surface area contributed by atoms with E-state index in [1.807, 2.05) is 0 Å². The summed E-state index contributed by atoms with van der Waals surface area (Å²) in [5, 5.41) is 11.3. The molecule has 0 bridgehead atoms. The second-order valence-corrected chi connectivity index (χ2v) is 10.8. The number of rotatable bonds is 8. The quantitative estimate of drug-likeness (QED) is 0.642. The van der Waals surface area contributed by atoms with Gasteiger partial charge in [-0.3, -0.25) is 0 Å². The second kappa shape index (κ2) is 10.1. The van der Waals surface area contributed by atoms with Gasteiger partial charge in [-0.25, -0.2) is 13.2 Å². The van der Waals surface area contributed by atoms with Crippen LogP contribution in [0.1, 0.15) is 41.0 Å². The average molecular weight is 456 g/mol. The Morgan fingerprint density at radius 1 is 1.32 bits per heavy atom. The Labute approximate surface area is 184 Å². The van der Waals surface area contributed by atoms with Crippen molar-refractivity contribution in [3.8, 4) is 0 Å². The van der Waals surface area contributed by atoms with Gasteiger partial charge in [-0.2, -0.15) is 0 Å². The SMILES string of the molecule is CC(C)(C)OC(=O)N(CCC(O)/C=C/S(=O)(=O)c1ccccc1)C[C@H]1COC(C)(C)O1. The van der Waals surface area contributed by atoms with Gasteiger partial charge in [0, 0.05) is 12.0 Å². The molecule has 9 heteroatoms. The fourth-order valence-corrected chi connectivity index (χ4v) is 4.03. The number of aliphatic hydroxyl groups excluding tert-OH is 1. The maximum Gasteiger partial charge on any atom is 0.410 e. The van der Waals surface area contributed by atoms with Gasteiger partial charge in [0.05, 0.1) is 24.2 Å². The molecule has 31 heavy (non-hydrogen) atoms. The zero-order chi connectivity index (χ0) is 23.3. The summed E-state index contributed by atoms with van der Waals surface area (Å²) >= 11 is 0. The minimum absolute atomic E-state index is 0.136. The molecular formula is C22H33NO7S. The number of sulfone groups is 1. The lowest BCUT2D eigenvalue weighted by molar-refractivity contribution is -0.140. The first-order valence-electron chi connectivity index (χ1n) is 10.2. The molecule has 1 aromatic rings. The molecule has 174 valence electrons. The van der Waals surface area contributed by atoms with Crippen molar-refractivity contribution in [3.05, 3.63) is 41.8 Å². The Bertz CT molecular complexity index is 860. The van der Waals surface area contributed by atoms with E-state index in [0.29, 0.717) is 6.61 Å². The minimum atomic E-state index is -3.65. The number of carbonyl (C=O) groups is 1. The lowest BCUT2D eigenvalue weighted by atomic mass is 10.2. The van der Waals surface area contributed by atoms with Crippen molar-refractivity contribution in [1.82, 2.24) is 4.90 Å². The monoisotopic (exact) mass is 455 g/mol. The van der Waals surface area contributed by atoms with Crippen LogP contribution in [0.25, 0.3) is 0 Å². The molecule has 8 nitrogen and oxygen atoms in total. The number of nitrogens with zero attached hydrogens (tertiary/aromatic N) is 1. The first-order chi connectivity index (χ1) is 14.3. The number of carbonyl (C=O) groups excluding carboxylic acids is 1. The third-order valence-corrected chi connectivity index (χ3v) is 5.83. The van der Waals surface area contributed by atoms with E-state index in [0.717, 1.165) is 5.41 Å². The summed E-state index contributed by atoms with van der Waals surface area (Å²) in [4.78, 5) is 14.2. The molecule has 1 saturated heterocycles. The summed E-state index contributed by atoms with van der Waals surface area (Å²) in [5.41, 5.74) is -0.677. The van der Waals surface area contributed by atoms with E-state index in [1.165, 1.54) is 23.1 Å². The lowest BCUT2D eigenvalue weighted by Crippen LogP contribution is -2.43. The van der Waals surface area contributed by atoms with Crippen LogP contribution in [0.3, 0.4) is 0 Å². The Morgan fingerprint density at radius 3 is 2.52 bits per heavy atom. The van der Waals surface area contributed by atoms with Crippen molar-refractivity contribution in [2.24, 2.45) is 0 Å². The number of hydrogen-bond donors (Lipinski definition) is 1. The van der Waals surface area contributed by atoms with Gasteiger partial charge in [0.2, 0.25) is 0 Å². The molecule has 0 aromatic heterocycles. The number of aliphatic hydroxyl groups is 1. The molecule has 0 radical (unpaired) electrons. The zero-order valence-corrected chi connectivity index (χ0v) is 19.6. The highest BCUT2D eigenvalue weighted by atomic mass is 32.2. The number of hydrogen-bond acceptors (Lipinski definition) is 7. The Balaban J connectivity index is 2.00. The molecule has 0 saturated carbocycles. The molecule has 1 aliphatic heterocycles. The fourth-order valence-electron chi connectivity index (χ4n) is 2.95. The van der Waals surface area contributed by atoms with Gasteiger partial charge in [0.15, 0.2) is 15.6 Å². The van der Waals surface area contributed by atoms with Crippen molar-refractivity contribution in [2.45, 2.75) is 69.5 Å². The standard InChI is InChI=1S/C22H33NO7S/c1-21(2,3)30-20(25)23(15-18-16-28-22(4,5)29-18)13-11-17(24)12-14-31(26,27)19-9-7-6-8-10-19/h6-10,12,14,17-18,24H,11,13,15-16H2,1-5H3/b14-12+/t17?,18-/m0/s1. The number of amides is 1. The van der Waals surface area contributed by atoms with Crippen LogP contribution >= 0.6 is 0 Å². The summed E-state index contributed by atoms with van der Waals surface area (Å²) in [7, 11) is -3.65. The molecule has 0 spiro atoms. The van der Waals surface area contributed by atoms with E-state index in [2.05, 4.69) is 0 Å². The zero-order valence-electron chi connectivity index (χ0n) is 18.8. The molecule has 1 fully saturated rings. The average Bonchev–Trinajstić information content (AvgIpc) is 3.01. The Kier molecular flexibility index (Phi) is 8.27. The van der Waals surface area contributed by atoms with Crippen molar-refractivity contribution in [2.75, 3.05) is 19.7 Å². The molecule has 2 atom stereocenters. The summed E-state index contributed by atoms with van der Waals surface area (Å²) < 4.78 is 41.4. The molecule has 1 N–H and O–H groups in total. The molecule has 1 aromatic carbocycles. The summed E-state index contributed by atoms with van der Waals surface area (Å²) in [5.74, 6) is -0.724. The maximum absolute atomic E-state index is 12.6. The first-order valence-corrected chi connectivity index (χ1v) is 11.8. The predicted octanol–water partition coefficient (Wildman–Crippen LogP) is 3.11. The molecule has 1 heterocycles. The van der Waals surface area contributed by atoms with E-state index in [-0.39, 0.29) is 30.5 Å². The predicted molar refractivity (Wildman–Crippen MR) is 116 cm³/mol. The highest BCUT2D eigenvalue weighted by Crippen LogP contribution is 2.23. The Morgan fingerprint density at radius 2 is 1.97 bits per heavy atom. The second-order valence-electron chi connectivity index (χ2n) is 8.92. The fraction of sp³-hybridized carbons (Fsp3) is 0.591. The summed E-state index contributed by atoms with van der Waals surface area (Å²) in [6.45, 7) is 9.64. The molecule has 1 amide bonds. The third kappa shape index (κ3) is 8.60. The third-order valence-electron chi connectivity index (χ3n) is 4.39. The number of ether oxygens (including phenoxy) is 3. The van der Waals surface area contributed by atoms with Crippen LogP contribution < -0.4 is 0 Å². The van der Waals surface area contributed by atoms with E-state index in [1.54, 1.807) is 52.8 Å². The van der Waals surface area contributed by atoms with Gasteiger partial charge >= 0.3 is 6.09 Å². The summed E-state index contributed by atoms with van der Waals surface area (Å²) in [6, 6.07) is 7.96. The van der Waals surface area contributed by atoms with Gasteiger partial charge in [0.25, 0.3) is 0 Å². The van der Waals surface area contributed by atoms with Gasteiger partial charge in [-0.05, 0) is 59.2 Å². The van der Waals surface area contributed by atoms with E-state index >= 15 is 0 Å². The molecular weight excluding hydrogens is 422 g/mol. The smallest absolute Gasteiger partial charge is 0.410 e. The summed E-state index contributed by atoms with van der Waals surface area (Å²) in [6.07, 6.45) is -0.562. The molecule has 1 aliphatic rings. The van der Waals surface area contributed by atoms with Crippen LogP contribution in [0.15, 0.2) is 46.7 Å². The number of benzene rings is 1. The van der Waals surface area contributed by atoms with Crippen molar-refractivity contribution >= 4 is 15.9 Å². The lowest BCUT2D eigenvalue weighted by Gasteiger charge is -2.29. The van der Waals surface area contributed by atoms with E-state index in [4.69, 9.17) is 14.2 Å². The van der Waals surface area contributed by atoms with Crippen LogP contribution in [-0.4, -0.2) is 67.8 Å². The van der Waals surface area contributed by atoms with Crippen LogP contribution in [0.4, 0.5) is 4.79 Å². The van der Waals surface area contributed by atoms with Gasteiger partial charge in [-0.1, -0.05) is 18.2 Å².